The lowest BCUT2D eigenvalue weighted by molar-refractivity contribution is 0.386. The fourth-order valence-corrected chi connectivity index (χ4v) is 2.46. The van der Waals surface area contributed by atoms with Crippen molar-refractivity contribution in [2.24, 2.45) is 5.73 Å². The average Bonchev–Trinajstić information content (AvgIpc) is 2.35. The minimum Gasteiger partial charge on any atom is -0.496 e. The van der Waals surface area contributed by atoms with Crippen molar-refractivity contribution < 1.29 is 9.47 Å². The molecule has 3 nitrogen and oxygen atoms in total. The third kappa shape index (κ3) is 3.89. The lowest BCUT2D eigenvalue weighted by Gasteiger charge is -2.18. The fourth-order valence-electron chi connectivity index (χ4n) is 1.94. The molecule has 1 aromatic rings. The Hall–Kier alpha value is -0.740. The number of methoxy groups -OCH3 is 2. The van der Waals surface area contributed by atoms with Gasteiger partial charge in [0.15, 0.2) is 0 Å². The number of hydrogen-bond acceptors (Lipinski definition) is 3. The van der Waals surface area contributed by atoms with Crippen LogP contribution in [0.4, 0.5) is 0 Å². The van der Waals surface area contributed by atoms with Gasteiger partial charge in [0.1, 0.15) is 11.5 Å². The molecule has 0 spiro atoms. The van der Waals surface area contributed by atoms with Crippen LogP contribution in [-0.2, 0) is 0 Å². The molecule has 0 aliphatic rings. The van der Waals surface area contributed by atoms with Crippen LogP contribution in [-0.4, -0.2) is 20.3 Å². The van der Waals surface area contributed by atoms with Crippen LogP contribution < -0.4 is 15.2 Å². The minimum absolute atomic E-state index is 0.236. The van der Waals surface area contributed by atoms with E-state index in [1.807, 2.05) is 13.0 Å². The highest BCUT2D eigenvalue weighted by atomic mass is 79.9. The number of ether oxygens (including phenoxy) is 2. The second-order valence-corrected chi connectivity index (χ2v) is 5.54. The van der Waals surface area contributed by atoms with Crippen molar-refractivity contribution in [1.29, 1.82) is 0 Å². The van der Waals surface area contributed by atoms with Crippen molar-refractivity contribution in [3.63, 3.8) is 0 Å². The first kappa shape index (κ1) is 15.3. The summed E-state index contributed by atoms with van der Waals surface area (Å²) in [6, 6.07) is 4.23. The highest BCUT2D eigenvalue weighted by Crippen LogP contribution is 2.37. The Bertz CT molecular complexity index is 394. The summed E-state index contributed by atoms with van der Waals surface area (Å²) in [4.78, 5) is 0. The molecule has 0 bridgehead atoms. The van der Waals surface area contributed by atoms with Crippen LogP contribution in [0.1, 0.15) is 38.2 Å². The summed E-state index contributed by atoms with van der Waals surface area (Å²) >= 11 is 3.51. The van der Waals surface area contributed by atoms with E-state index in [-0.39, 0.29) is 6.04 Å². The van der Waals surface area contributed by atoms with Gasteiger partial charge in [-0.1, -0.05) is 6.92 Å². The summed E-state index contributed by atoms with van der Waals surface area (Å²) < 4.78 is 11.7. The molecule has 0 aliphatic carbocycles. The van der Waals surface area contributed by atoms with Gasteiger partial charge in [0.05, 0.1) is 18.7 Å². The summed E-state index contributed by atoms with van der Waals surface area (Å²) in [5.74, 6) is 2.07. The van der Waals surface area contributed by atoms with Crippen LogP contribution in [0, 0.1) is 0 Å². The third-order valence-corrected chi connectivity index (χ3v) is 3.71. The van der Waals surface area contributed by atoms with E-state index in [9.17, 15) is 0 Å². The van der Waals surface area contributed by atoms with Gasteiger partial charge in [0, 0.05) is 12.1 Å². The zero-order valence-electron chi connectivity index (χ0n) is 11.5. The maximum absolute atomic E-state index is 5.80. The largest absolute Gasteiger partial charge is 0.496 e. The molecule has 0 saturated carbocycles. The third-order valence-electron chi connectivity index (χ3n) is 3.09. The van der Waals surface area contributed by atoms with Crippen LogP contribution >= 0.6 is 15.9 Å². The summed E-state index contributed by atoms with van der Waals surface area (Å²) in [5.41, 5.74) is 6.99. The van der Waals surface area contributed by atoms with E-state index in [1.54, 1.807) is 14.2 Å². The summed E-state index contributed by atoms with van der Waals surface area (Å²) in [5, 5.41) is 0. The number of nitrogens with two attached hydrogens (primary N) is 1. The molecule has 0 aromatic heterocycles. The van der Waals surface area contributed by atoms with Crippen LogP contribution in [0.2, 0.25) is 0 Å². The van der Waals surface area contributed by atoms with Crippen molar-refractivity contribution >= 4 is 15.9 Å². The molecule has 2 atom stereocenters. The maximum atomic E-state index is 5.80. The van der Waals surface area contributed by atoms with E-state index in [0.29, 0.717) is 5.92 Å². The Labute approximate surface area is 118 Å². The van der Waals surface area contributed by atoms with Crippen molar-refractivity contribution in [2.45, 2.75) is 38.6 Å². The van der Waals surface area contributed by atoms with Gasteiger partial charge in [-0.3, -0.25) is 0 Å². The Morgan fingerprint density at radius 1 is 1.11 bits per heavy atom. The molecule has 2 N–H and O–H groups in total. The van der Waals surface area contributed by atoms with Crippen LogP contribution in [0.15, 0.2) is 16.6 Å². The molecule has 0 radical (unpaired) electrons. The van der Waals surface area contributed by atoms with Crippen LogP contribution in [0.3, 0.4) is 0 Å². The van der Waals surface area contributed by atoms with Gasteiger partial charge >= 0.3 is 0 Å². The Balaban J connectivity index is 2.96. The second-order valence-electron chi connectivity index (χ2n) is 4.68. The number of rotatable bonds is 6. The molecule has 0 amide bonds. The monoisotopic (exact) mass is 315 g/mol. The first-order valence-corrected chi connectivity index (χ1v) is 6.95. The fraction of sp³-hybridized carbons (Fsp3) is 0.571. The van der Waals surface area contributed by atoms with E-state index >= 15 is 0 Å². The Morgan fingerprint density at radius 3 is 2.22 bits per heavy atom. The van der Waals surface area contributed by atoms with Crippen molar-refractivity contribution in [3.8, 4) is 11.5 Å². The van der Waals surface area contributed by atoms with Crippen molar-refractivity contribution in [3.05, 3.63) is 22.2 Å². The molecule has 1 rings (SSSR count). The molecule has 4 heteroatoms. The highest BCUT2D eigenvalue weighted by Gasteiger charge is 2.15. The van der Waals surface area contributed by atoms with Gasteiger partial charge in [-0.05, 0) is 53.2 Å². The van der Waals surface area contributed by atoms with Crippen LogP contribution in [0.5, 0.6) is 11.5 Å². The molecule has 0 heterocycles. The molecule has 1 aromatic carbocycles. The normalized spacial score (nSPS) is 14.1. The SMILES string of the molecule is COc1cc(OC)c(C(C)CCC(C)N)cc1Br. The number of halogens is 1. The topological polar surface area (TPSA) is 44.5 Å². The molecule has 102 valence electrons. The average molecular weight is 316 g/mol. The van der Waals surface area contributed by atoms with Gasteiger partial charge in [-0.25, -0.2) is 0 Å². The van der Waals surface area contributed by atoms with Gasteiger partial charge in [0.2, 0.25) is 0 Å². The van der Waals surface area contributed by atoms with Gasteiger partial charge in [0.25, 0.3) is 0 Å². The first-order chi connectivity index (χ1) is 8.49. The molecule has 2 unspecified atom stereocenters. The Kier molecular flexibility index (Phi) is 5.96. The lowest BCUT2D eigenvalue weighted by Crippen LogP contribution is -2.15. The van der Waals surface area contributed by atoms with Crippen molar-refractivity contribution in [2.75, 3.05) is 14.2 Å². The van der Waals surface area contributed by atoms with E-state index < -0.39 is 0 Å². The van der Waals surface area contributed by atoms with Crippen LogP contribution in [0.25, 0.3) is 0 Å². The van der Waals surface area contributed by atoms with Gasteiger partial charge in [-0.15, -0.1) is 0 Å². The second kappa shape index (κ2) is 7.00. The minimum atomic E-state index is 0.236. The zero-order valence-corrected chi connectivity index (χ0v) is 13.1. The lowest BCUT2D eigenvalue weighted by atomic mass is 9.93. The Morgan fingerprint density at radius 2 is 1.72 bits per heavy atom. The van der Waals surface area contributed by atoms with E-state index in [4.69, 9.17) is 15.2 Å². The highest BCUT2D eigenvalue weighted by molar-refractivity contribution is 9.10. The predicted octanol–water partition coefficient (Wildman–Crippen LogP) is 3.70. The molecule has 18 heavy (non-hydrogen) atoms. The van der Waals surface area contributed by atoms with Gasteiger partial charge < -0.3 is 15.2 Å². The van der Waals surface area contributed by atoms with Gasteiger partial charge in [-0.2, -0.15) is 0 Å². The molecular weight excluding hydrogens is 294 g/mol. The molecule has 0 saturated heterocycles. The number of hydrogen-bond donors (Lipinski definition) is 1. The van der Waals surface area contributed by atoms with E-state index in [0.717, 1.165) is 28.8 Å². The maximum Gasteiger partial charge on any atom is 0.136 e. The smallest absolute Gasteiger partial charge is 0.136 e. The van der Waals surface area contributed by atoms with E-state index in [2.05, 4.69) is 28.9 Å². The molecular formula is C14H22BrNO2. The first-order valence-electron chi connectivity index (χ1n) is 6.16. The standard InChI is InChI=1S/C14H22BrNO2/c1-9(5-6-10(2)16)11-7-12(15)14(18-4)8-13(11)17-3/h7-10H,5-6,16H2,1-4H3. The summed E-state index contributed by atoms with van der Waals surface area (Å²) in [7, 11) is 3.34. The predicted molar refractivity (Wildman–Crippen MR) is 78.5 cm³/mol. The zero-order chi connectivity index (χ0) is 13.7. The molecule has 0 fully saturated rings. The summed E-state index contributed by atoms with van der Waals surface area (Å²) in [6.45, 7) is 4.23. The number of benzene rings is 1. The summed E-state index contributed by atoms with van der Waals surface area (Å²) in [6.07, 6.45) is 2.06. The van der Waals surface area contributed by atoms with Crippen molar-refractivity contribution in [1.82, 2.24) is 0 Å². The van der Waals surface area contributed by atoms with E-state index in [1.165, 1.54) is 5.56 Å². The quantitative estimate of drug-likeness (QED) is 0.870. The molecule has 0 aliphatic heterocycles.